The third kappa shape index (κ3) is 7.15. The van der Waals surface area contributed by atoms with Crippen molar-refractivity contribution in [2.75, 3.05) is 32.7 Å². The van der Waals surface area contributed by atoms with E-state index in [1.165, 1.54) is 0 Å². The second-order valence-corrected chi connectivity index (χ2v) is 16.3. The fourth-order valence-corrected chi connectivity index (χ4v) is 9.91. The Morgan fingerprint density at radius 3 is 2.52 bits per heavy atom. The van der Waals surface area contributed by atoms with Crippen LogP contribution in [0.5, 0.6) is 0 Å². The van der Waals surface area contributed by atoms with Gasteiger partial charge in [0.1, 0.15) is 17.9 Å². The first-order valence-corrected chi connectivity index (χ1v) is 18.8. The van der Waals surface area contributed by atoms with Gasteiger partial charge < -0.3 is 30.5 Å². The predicted molar refractivity (Wildman–Crippen MR) is 178 cm³/mol. The van der Waals surface area contributed by atoms with Gasteiger partial charge in [0.15, 0.2) is 0 Å². The Hall–Kier alpha value is -2.25. The Morgan fingerprint density at radius 2 is 1.79 bits per heavy atom. The number of rotatable bonds is 3. The number of piperazine rings is 1. The number of piperidine rings is 2. The number of carbonyl (C=O) groups excluding carboxylic acids is 3. The summed E-state index contributed by atoms with van der Waals surface area (Å²) >= 11 is 0. The molecule has 0 aromatic heterocycles. The third-order valence-electron chi connectivity index (χ3n) is 12.0. The average molecular weight is 680 g/mol. The van der Waals surface area contributed by atoms with Gasteiger partial charge in [0.05, 0.1) is 18.4 Å². The summed E-state index contributed by atoms with van der Waals surface area (Å²) in [6.45, 7) is 12.4. The van der Waals surface area contributed by atoms with Crippen molar-refractivity contribution in [1.29, 1.82) is 0 Å². The van der Waals surface area contributed by atoms with E-state index in [0.717, 1.165) is 38.6 Å². The van der Waals surface area contributed by atoms with Gasteiger partial charge in [-0.25, -0.2) is 18.4 Å². The monoisotopic (exact) mass is 679 g/mol. The van der Waals surface area contributed by atoms with Crippen LogP contribution in [0.25, 0.3) is 0 Å². The van der Waals surface area contributed by atoms with Crippen LogP contribution in [-0.4, -0.2) is 120 Å². The number of halogens is 2. The fourth-order valence-electron chi connectivity index (χ4n) is 9.91. The van der Waals surface area contributed by atoms with Gasteiger partial charge in [-0.15, -0.1) is 0 Å². The van der Waals surface area contributed by atoms with Crippen molar-refractivity contribution in [1.82, 2.24) is 36.0 Å². The van der Waals surface area contributed by atoms with E-state index in [2.05, 4.69) is 33.1 Å². The number of ether oxygens (including phenoxy) is 1. The van der Waals surface area contributed by atoms with Crippen molar-refractivity contribution in [3.05, 3.63) is 0 Å². The topological polar surface area (TPSA) is 118 Å². The Labute approximate surface area is 285 Å². The van der Waals surface area contributed by atoms with E-state index in [0.29, 0.717) is 45.4 Å². The minimum absolute atomic E-state index is 0.0763. The second-order valence-electron chi connectivity index (χ2n) is 16.3. The van der Waals surface area contributed by atoms with Gasteiger partial charge in [0.2, 0.25) is 5.91 Å². The lowest BCUT2D eigenvalue weighted by atomic mass is 9.69. The van der Waals surface area contributed by atoms with Crippen LogP contribution in [0.15, 0.2) is 0 Å². The standard InChI is InChI=1S/C35H59F2N7O4/c1-6-9-26-29-21(13-15-38-26)10-8-14-39-32(45)22-11-7-12-24(36)27(22)28-25(37)18-23-30(41-33(46)44(29)31(23)40-28)43-17-16-42(19-20(43)2)34(47)48-35(3,4)5/h20-31,38,40H,6-19H2,1-5H3,(H,39,45)(H,41,46)/t20-,21?,22?,23?,24?,25?,26?,27?,28?,29?,30?,31?/m0/s1. The van der Waals surface area contributed by atoms with E-state index in [1.54, 1.807) is 4.90 Å². The number of hydrogen-bond donors (Lipinski definition) is 4. The van der Waals surface area contributed by atoms with Gasteiger partial charge in [-0.3, -0.25) is 15.0 Å². The number of carbonyl (C=O) groups is 3. The van der Waals surface area contributed by atoms with Crippen LogP contribution in [0.2, 0.25) is 0 Å². The quantitative estimate of drug-likeness (QED) is 0.359. The molecular formula is C35H59F2N7O4. The molecule has 272 valence electrons. The van der Waals surface area contributed by atoms with Gasteiger partial charge in [0, 0.05) is 62.1 Å². The largest absolute Gasteiger partial charge is 0.444 e. The second kappa shape index (κ2) is 14.5. The molecule has 5 aliphatic heterocycles. The molecule has 0 aromatic carbocycles. The summed E-state index contributed by atoms with van der Waals surface area (Å²) in [4.78, 5) is 46.9. The molecule has 5 heterocycles. The van der Waals surface area contributed by atoms with Crippen molar-refractivity contribution in [3.63, 3.8) is 0 Å². The minimum Gasteiger partial charge on any atom is -0.444 e. The van der Waals surface area contributed by atoms with Crippen molar-refractivity contribution in [2.24, 2.45) is 23.7 Å². The molecule has 0 radical (unpaired) electrons. The highest BCUT2D eigenvalue weighted by Crippen LogP contribution is 2.44. The normalized spacial score (nSPS) is 41.4. The maximum absolute atomic E-state index is 16.7. The molecule has 4 amide bonds. The lowest BCUT2D eigenvalue weighted by molar-refractivity contribution is -0.133. The van der Waals surface area contributed by atoms with Gasteiger partial charge in [0.25, 0.3) is 0 Å². The highest BCUT2D eigenvalue weighted by atomic mass is 19.1. The molecule has 48 heavy (non-hydrogen) atoms. The third-order valence-corrected chi connectivity index (χ3v) is 12.0. The summed E-state index contributed by atoms with van der Waals surface area (Å²) in [5.41, 5.74) is -0.608. The number of urea groups is 1. The zero-order chi connectivity index (χ0) is 34.3. The van der Waals surface area contributed by atoms with E-state index in [9.17, 15) is 14.4 Å². The maximum atomic E-state index is 16.7. The molecule has 11 nitrogen and oxygen atoms in total. The molecule has 2 bridgehead atoms. The Morgan fingerprint density at radius 1 is 1.00 bits per heavy atom. The summed E-state index contributed by atoms with van der Waals surface area (Å²) in [5.74, 6) is -1.70. The average Bonchev–Trinajstić information content (AvgIpc) is 3.03. The molecule has 13 heteroatoms. The first-order chi connectivity index (χ1) is 22.9. The lowest BCUT2D eigenvalue weighted by Crippen LogP contribution is -2.79. The Kier molecular flexibility index (Phi) is 10.8. The summed E-state index contributed by atoms with van der Waals surface area (Å²) in [7, 11) is 0. The van der Waals surface area contributed by atoms with Crippen LogP contribution in [-0.2, 0) is 9.53 Å². The van der Waals surface area contributed by atoms with Crippen molar-refractivity contribution < 1.29 is 27.9 Å². The summed E-state index contributed by atoms with van der Waals surface area (Å²) in [6, 6.07) is -1.24. The van der Waals surface area contributed by atoms with E-state index in [-0.39, 0.29) is 54.4 Å². The number of fused-ring (bicyclic) bond motifs is 5. The van der Waals surface area contributed by atoms with Crippen LogP contribution >= 0.6 is 0 Å². The maximum Gasteiger partial charge on any atom is 0.410 e. The SMILES string of the molecule is CCCC1NCCC2CCCNC(=O)C3CCCC(F)C3C3NC4C(CC3F)C(N3CCN(C(=O)OC(C)(C)C)C[C@@H]3C)NC(=O)N4C21. The molecule has 6 aliphatic rings. The van der Waals surface area contributed by atoms with Crippen LogP contribution in [0.3, 0.4) is 0 Å². The number of nitrogens with zero attached hydrogens (tertiary/aromatic N) is 3. The summed E-state index contributed by atoms with van der Waals surface area (Å²) < 4.78 is 38.3. The van der Waals surface area contributed by atoms with E-state index in [4.69, 9.17) is 4.74 Å². The number of amides is 4. The molecule has 1 aliphatic carbocycles. The van der Waals surface area contributed by atoms with Gasteiger partial charge >= 0.3 is 12.1 Å². The number of hydrogen-bond acceptors (Lipinski definition) is 7. The molecule has 12 atom stereocenters. The molecular weight excluding hydrogens is 620 g/mol. The van der Waals surface area contributed by atoms with E-state index < -0.39 is 48.2 Å². The zero-order valence-electron chi connectivity index (χ0n) is 29.6. The molecule has 0 aromatic rings. The summed E-state index contributed by atoms with van der Waals surface area (Å²) in [5, 5.41) is 13.7. The van der Waals surface area contributed by atoms with Gasteiger partial charge in [-0.2, -0.15) is 0 Å². The zero-order valence-corrected chi connectivity index (χ0v) is 29.6. The molecule has 6 fully saturated rings. The highest BCUT2D eigenvalue weighted by molar-refractivity contribution is 5.79. The van der Waals surface area contributed by atoms with Crippen LogP contribution < -0.4 is 21.3 Å². The lowest BCUT2D eigenvalue weighted by Gasteiger charge is -2.59. The van der Waals surface area contributed by atoms with Crippen LogP contribution in [0, 0.1) is 23.7 Å². The molecule has 1 saturated carbocycles. The highest BCUT2D eigenvalue weighted by Gasteiger charge is 2.57. The Balaban J connectivity index is 1.34. The number of alkyl halides is 2. The fraction of sp³-hybridized carbons (Fsp3) is 0.914. The molecule has 5 saturated heterocycles. The number of nitrogens with one attached hydrogen (secondary N) is 4. The first kappa shape index (κ1) is 35.6. The molecule has 4 N–H and O–H groups in total. The smallest absolute Gasteiger partial charge is 0.410 e. The molecule has 0 spiro atoms. The van der Waals surface area contributed by atoms with Gasteiger partial charge in [-0.05, 0) is 91.5 Å². The van der Waals surface area contributed by atoms with Crippen molar-refractivity contribution in [2.45, 2.75) is 147 Å². The van der Waals surface area contributed by atoms with Crippen LogP contribution in [0.4, 0.5) is 18.4 Å². The molecule has 6 rings (SSSR count). The summed E-state index contributed by atoms with van der Waals surface area (Å²) in [6.07, 6.45) is 1.94. The van der Waals surface area contributed by atoms with Gasteiger partial charge in [-0.1, -0.05) is 13.3 Å². The van der Waals surface area contributed by atoms with Crippen molar-refractivity contribution in [3.8, 4) is 0 Å². The van der Waals surface area contributed by atoms with E-state index in [1.807, 2.05) is 32.6 Å². The van der Waals surface area contributed by atoms with Crippen molar-refractivity contribution >= 4 is 18.0 Å². The van der Waals surface area contributed by atoms with E-state index >= 15 is 8.78 Å². The minimum atomic E-state index is -1.39. The van der Waals surface area contributed by atoms with Crippen LogP contribution in [0.1, 0.15) is 92.4 Å². The first-order valence-electron chi connectivity index (χ1n) is 18.8. The molecule has 11 unspecified atom stereocenters. The Bertz CT molecular complexity index is 1170. The predicted octanol–water partition coefficient (Wildman–Crippen LogP) is 3.73.